The predicted octanol–water partition coefficient (Wildman–Crippen LogP) is 6.13. The highest BCUT2D eigenvalue weighted by Gasteiger charge is 2.18. The highest BCUT2D eigenvalue weighted by molar-refractivity contribution is 7.92. The van der Waals surface area contributed by atoms with Crippen LogP contribution in [0.2, 0.25) is 10.0 Å². The topological polar surface area (TPSA) is 84.5 Å². The quantitative estimate of drug-likeness (QED) is 0.403. The van der Waals surface area contributed by atoms with Crippen LogP contribution in [0.5, 0.6) is 5.75 Å². The van der Waals surface area contributed by atoms with Gasteiger partial charge in [-0.1, -0.05) is 29.3 Å². The first-order valence-corrected chi connectivity index (χ1v) is 12.3. The third kappa shape index (κ3) is 6.41. The van der Waals surface area contributed by atoms with Gasteiger partial charge in [0.2, 0.25) is 0 Å². The molecule has 33 heavy (non-hydrogen) atoms. The maximum absolute atomic E-state index is 12.7. The average Bonchev–Trinajstić information content (AvgIpc) is 2.70. The summed E-state index contributed by atoms with van der Waals surface area (Å²) in [6.07, 6.45) is -0.748. The molecule has 0 saturated heterocycles. The smallest absolute Gasteiger partial charge is 0.265 e. The van der Waals surface area contributed by atoms with Crippen molar-refractivity contribution in [2.45, 2.75) is 38.7 Å². The number of carbonyl (C=O) groups excluding carboxylic acids is 1. The second-order valence-corrected chi connectivity index (χ2v) is 10.3. The van der Waals surface area contributed by atoms with Gasteiger partial charge >= 0.3 is 0 Å². The van der Waals surface area contributed by atoms with Gasteiger partial charge in [-0.2, -0.15) is 0 Å². The van der Waals surface area contributed by atoms with E-state index in [1.807, 2.05) is 26.8 Å². The van der Waals surface area contributed by atoms with Gasteiger partial charge in [-0.15, -0.1) is 0 Å². The normalized spacial score (nSPS) is 12.2. The van der Waals surface area contributed by atoms with Crippen molar-refractivity contribution in [1.29, 1.82) is 0 Å². The van der Waals surface area contributed by atoms with Crippen LogP contribution in [0.15, 0.2) is 59.5 Å². The molecule has 174 valence electrons. The van der Waals surface area contributed by atoms with Crippen LogP contribution >= 0.6 is 23.2 Å². The van der Waals surface area contributed by atoms with Crippen molar-refractivity contribution >= 4 is 50.5 Å². The first-order valence-electron chi connectivity index (χ1n) is 10.1. The number of anilines is 2. The lowest BCUT2D eigenvalue weighted by Gasteiger charge is -2.18. The van der Waals surface area contributed by atoms with Crippen molar-refractivity contribution in [3.63, 3.8) is 0 Å². The first kappa shape index (κ1) is 24.9. The number of rotatable bonds is 7. The first-order chi connectivity index (χ1) is 15.4. The Labute approximate surface area is 203 Å². The standard InChI is InChI=1S/C24H24Cl2N2O4S/c1-14-9-15(2)16(3)23(10-14)32-17(4)24(29)27-20-5-7-22(8-6-20)33(30,31)28-21-12-18(25)11-19(26)13-21/h5-13,17,28H,1-4H3,(H,27,29)/t17-/m1/s1. The lowest BCUT2D eigenvalue weighted by atomic mass is 10.1. The summed E-state index contributed by atoms with van der Waals surface area (Å²) in [5, 5.41) is 3.36. The molecule has 2 N–H and O–H groups in total. The number of hydrogen-bond acceptors (Lipinski definition) is 4. The molecule has 0 aliphatic heterocycles. The van der Waals surface area contributed by atoms with E-state index in [0.29, 0.717) is 21.5 Å². The molecule has 3 rings (SSSR count). The van der Waals surface area contributed by atoms with Gasteiger partial charge in [-0.3, -0.25) is 9.52 Å². The van der Waals surface area contributed by atoms with Crippen LogP contribution in [-0.4, -0.2) is 20.4 Å². The van der Waals surface area contributed by atoms with Crippen molar-refractivity contribution < 1.29 is 17.9 Å². The van der Waals surface area contributed by atoms with Crippen LogP contribution in [0, 0.1) is 20.8 Å². The van der Waals surface area contributed by atoms with Gasteiger partial charge in [-0.05, 0) is 92.9 Å². The Balaban J connectivity index is 1.68. The van der Waals surface area contributed by atoms with E-state index in [0.717, 1.165) is 16.7 Å². The Bertz CT molecular complexity index is 1270. The lowest BCUT2D eigenvalue weighted by Crippen LogP contribution is -2.30. The number of amides is 1. The number of aryl methyl sites for hydroxylation is 2. The lowest BCUT2D eigenvalue weighted by molar-refractivity contribution is -0.122. The summed E-state index contributed by atoms with van der Waals surface area (Å²) in [4.78, 5) is 12.6. The molecule has 0 aliphatic carbocycles. The van der Waals surface area contributed by atoms with Gasteiger partial charge in [0.25, 0.3) is 15.9 Å². The molecule has 0 fully saturated rings. The average molecular weight is 507 g/mol. The third-order valence-electron chi connectivity index (χ3n) is 4.98. The molecule has 6 nitrogen and oxygen atoms in total. The van der Waals surface area contributed by atoms with E-state index in [4.69, 9.17) is 27.9 Å². The summed E-state index contributed by atoms with van der Waals surface area (Å²) in [7, 11) is -3.87. The van der Waals surface area contributed by atoms with Crippen LogP contribution in [0.25, 0.3) is 0 Å². The van der Waals surface area contributed by atoms with Gasteiger partial charge in [0.05, 0.1) is 10.6 Å². The Morgan fingerprint density at radius 1 is 0.909 bits per heavy atom. The van der Waals surface area contributed by atoms with E-state index in [1.54, 1.807) is 6.92 Å². The number of benzene rings is 3. The molecule has 1 atom stereocenters. The Morgan fingerprint density at radius 2 is 1.52 bits per heavy atom. The van der Waals surface area contributed by atoms with Crippen LogP contribution in [-0.2, 0) is 14.8 Å². The van der Waals surface area contributed by atoms with Crippen LogP contribution in [0.3, 0.4) is 0 Å². The molecule has 3 aromatic carbocycles. The van der Waals surface area contributed by atoms with Gasteiger partial charge in [-0.25, -0.2) is 8.42 Å². The fourth-order valence-electron chi connectivity index (χ4n) is 3.16. The van der Waals surface area contributed by atoms with Crippen molar-refractivity contribution in [3.8, 4) is 5.75 Å². The molecule has 0 spiro atoms. The van der Waals surface area contributed by atoms with Crippen molar-refractivity contribution in [3.05, 3.63) is 81.3 Å². The molecule has 0 saturated carbocycles. The fourth-order valence-corrected chi connectivity index (χ4v) is 4.72. The molecule has 3 aromatic rings. The summed E-state index contributed by atoms with van der Waals surface area (Å²) < 4.78 is 33.6. The van der Waals surface area contributed by atoms with E-state index >= 15 is 0 Å². The van der Waals surface area contributed by atoms with Gasteiger partial charge in [0.1, 0.15) is 5.75 Å². The summed E-state index contributed by atoms with van der Waals surface area (Å²) in [6, 6.07) is 14.2. The molecule has 9 heteroatoms. The molecule has 0 bridgehead atoms. The van der Waals surface area contributed by atoms with E-state index in [-0.39, 0.29) is 16.5 Å². The molecule has 0 aromatic heterocycles. The summed E-state index contributed by atoms with van der Waals surface area (Å²) in [5.74, 6) is 0.305. The second kappa shape index (κ2) is 10.0. The van der Waals surface area contributed by atoms with Crippen molar-refractivity contribution in [2.75, 3.05) is 10.0 Å². The number of sulfonamides is 1. The highest BCUT2D eigenvalue weighted by Crippen LogP contribution is 2.26. The number of halogens is 2. The minimum atomic E-state index is -3.87. The largest absolute Gasteiger partial charge is 0.481 e. The Hall–Kier alpha value is -2.74. The summed E-state index contributed by atoms with van der Waals surface area (Å²) in [5.41, 5.74) is 3.80. The number of nitrogens with one attached hydrogen (secondary N) is 2. The minimum absolute atomic E-state index is 0.0201. The maximum atomic E-state index is 12.7. The van der Waals surface area contributed by atoms with Crippen LogP contribution < -0.4 is 14.8 Å². The van der Waals surface area contributed by atoms with E-state index in [1.165, 1.54) is 42.5 Å². The molecular formula is C24H24Cl2N2O4S. The SMILES string of the molecule is Cc1cc(C)c(C)c(O[C@H](C)C(=O)Nc2ccc(S(=O)(=O)Nc3cc(Cl)cc(Cl)c3)cc2)c1. The number of carbonyl (C=O) groups is 1. The highest BCUT2D eigenvalue weighted by atomic mass is 35.5. The molecule has 0 heterocycles. The zero-order chi connectivity index (χ0) is 24.3. The second-order valence-electron chi connectivity index (χ2n) is 7.74. The zero-order valence-corrected chi connectivity index (χ0v) is 20.9. The number of hydrogen-bond donors (Lipinski definition) is 2. The van der Waals surface area contributed by atoms with E-state index in [9.17, 15) is 13.2 Å². The maximum Gasteiger partial charge on any atom is 0.265 e. The fraction of sp³-hybridized carbons (Fsp3) is 0.208. The van der Waals surface area contributed by atoms with Crippen molar-refractivity contribution in [1.82, 2.24) is 0 Å². The van der Waals surface area contributed by atoms with E-state index in [2.05, 4.69) is 16.1 Å². The predicted molar refractivity (Wildman–Crippen MR) is 133 cm³/mol. The summed E-state index contributed by atoms with van der Waals surface area (Å²) >= 11 is 11.9. The third-order valence-corrected chi connectivity index (χ3v) is 6.82. The van der Waals surface area contributed by atoms with Crippen LogP contribution in [0.1, 0.15) is 23.6 Å². The van der Waals surface area contributed by atoms with Gasteiger partial charge in [0.15, 0.2) is 6.10 Å². The molecule has 0 unspecified atom stereocenters. The Morgan fingerprint density at radius 3 is 2.12 bits per heavy atom. The Kier molecular flexibility index (Phi) is 7.57. The summed E-state index contributed by atoms with van der Waals surface area (Å²) in [6.45, 7) is 7.56. The van der Waals surface area contributed by atoms with Crippen molar-refractivity contribution in [2.24, 2.45) is 0 Å². The van der Waals surface area contributed by atoms with Gasteiger partial charge < -0.3 is 10.1 Å². The minimum Gasteiger partial charge on any atom is -0.481 e. The molecular weight excluding hydrogens is 483 g/mol. The molecule has 0 aliphatic rings. The zero-order valence-electron chi connectivity index (χ0n) is 18.6. The van der Waals surface area contributed by atoms with E-state index < -0.39 is 16.1 Å². The van der Waals surface area contributed by atoms with Crippen LogP contribution in [0.4, 0.5) is 11.4 Å². The molecule has 0 radical (unpaired) electrons. The van der Waals surface area contributed by atoms with Gasteiger partial charge in [0, 0.05) is 15.7 Å². The monoisotopic (exact) mass is 506 g/mol. The number of ether oxygens (including phenoxy) is 1. The molecule has 1 amide bonds.